The first kappa shape index (κ1) is 22.4. The van der Waals surface area contributed by atoms with Crippen molar-refractivity contribution in [3.63, 3.8) is 0 Å². The summed E-state index contributed by atoms with van der Waals surface area (Å²) in [7, 11) is 0. The average molecular weight is 526 g/mol. The first-order valence-corrected chi connectivity index (χ1v) is 8.34. The van der Waals surface area contributed by atoms with Crippen LogP contribution in [0.4, 0.5) is 0 Å². The van der Waals surface area contributed by atoms with Gasteiger partial charge in [-0.15, -0.1) is 34.0 Å². The van der Waals surface area contributed by atoms with Crippen molar-refractivity contribution in [2.24, 2.45) is 5.92 Å². The van der Waals surface area contributed by atoms with Crippen LogP contribution in [0.15, 0.2) is 30.3 Å². The van der Waals surface area contributed by atoms with Gasteiger partial charge in [0.1, 0.15) is 0 Å². The van der Waals surface area contributed by atoms with Crippen LogP contribution in [0.25, 0.3) is 0 Å². The van der Waals surface area contributed by atoms with Gasteiger partial charge in [-0.25, -0.2) is 0 Å². The zero-order valence-electron chi connectivity index (χ0n) is 10.9. The molecule has 1 aromatic carbocycles. The van der Waals surface area contributed by atoms with Crippen molar-refractivity contribution >= 4 is 65.8 Å². The maximum absolute atomic E-state index is 5.80. The fourth-order valence-electron chi connectivity index (χ4n) is 1.75. The molecule has 0 aliphatic heterocycles. The molecule has 0 aliphatic carbocycles. The molecule has 0 aromatic heterocycles. The summed E-state index contributed by atoms with van der Waals surface area (Å²) < 4.78 is 5.80. The van der Waals surface area contributed by atoms with E-state index in [2.05, 4.69) is 56.1 Å². The Morgan fingerprint density at radius 2 is 1.63 bits per heavy atom. The molecule has 0 radical (unpaired) electrons. The molecule has 0 spiro atoms. The van der Waals surface area contributed by atoms with E-state index in [9.17, 15) is 0 Å². The minimum atomic E-state index is 0. The highest BCUT2D eigenvalue weighted by molar-refractivity contribution is 9.09. The molecule has 112 valence electrons. The summed E-state index contributed by atoms with van der Waals surface area (Å²) in [5, 5.41) is 2.15. The lowest BCUT2D eigenvalue weighted by Crippen LogP contribution is -2.11. The van der Waals surface area contributed by atoms with Crippen LogP contribution in [-0.4, -0.2) is 17.3 Å². The summed E-state index contributed by atoms with van der Waals surface area (Å²) >= 11 is 6.99. The minimum absolute atomic E-state index is 0. The summed E-state index contributed by atoms with van der Waals surface area (Å²) in [6.45, 7) is 1.60. The fourth-order valence-corrected chi connectivity index (χ4v) is 2.72. The number of hydrogen-bond acceptors (Lipinski definition) is 1. The van der Waals surface area contributed by atoms with Gasteiger partial charge >= 0.3 is 0 Å². The van der Waals surface area contributed by atoms with Crippen molar-refractivity contribution in [2.45, 2.75) is 25.9 Å². The highest BCUT2D eigenvalue weighted by Crippen LogP contribution is 2.15. The van der Waals surface area contributed by atoms with E-state index < -0.39 is 0 Å². The van der Waals surface area contributed by atoms with E-state index in [0.717, 1.165) is 23.9 Å². The monoisotopic (exact) mass is 522 g/mol. The zero-order valence-corrected chi connectivity index (χ0v) is 17.5. The SMILES string of the molecule is Br.Br.BrCCCC(CCBr)COCc1ccccc1. The zero-order chi connectivity index (χ0) is 12.3. The van der Waals surface area contributed by atoms with Crippen molar-refractivity contribution in [2.75, 3.05) is 17.3 Å². The van der Waals surface area contributed by atoms with E-state index >= 15 is 0 Å². The largest absolute Gasteiger partial charge is 0.376 e. The van der Waals surface area contributed by atoms with E-state index in [1.165, 1.54) is 24.8 Å². The van der Waals surface area contributed by atoms with Gasteiger partial charge in [0.2, 0.25) is 0 Å². The molecule has 0 aliphatic rings. The van der Waals surface area contributed by atoms with Gasteiger partial charge in [0.15, 0.2) is 0 Å². The van der Waals surface area contributed by atoms with Crippen molar-refractivity contribution in [1.29, 1.82) is 0 Å². The average Bonchev–Trinajstić information content (AvgIpc) is 2.37. The number of benzene rings is 1. The second-order valence-corrected chi connectivity index (χ2v) is 5.76. The Bertz CT molecular complexity index is 282. The normalized spacial score (nSPS) is 11.3. The van der Waals surface area contributed by atoms with Gasteiger partial charge < -0.3 is 4.74 Å². The Morgan fingerprint density at radius 1 is 0.947 bits per heavy atom. The first-order chi connectivity index (χ1) is 8.36. The van der Waals surface area contributed by atoms with Crippen LogP contribution in [0.2, 0.25) is 0 Å². The van der Waals surface area contributed by atoms with Crippen LogP contribution in [0, 0.1) is 5.92 Å². The molecule has 0 heterocycles. The molecule has 1 unspecified atom stereocenters. The minimum Gasteiger partial charge on any atom is -0.376 e. The van der Waals surface area contributed by atoms with Gasteiger partial charge in [0.25, 0.3) is 0 Å². The van der Waals surface area contributed by atoms with Crippen LogP contribution >= 0.6 is 65.8 Å². The lowest BCUT2D eigenvalue weighted by molar-refractivity contribution is 0.0831. The van der Waals surface area contributed by atoms with E-state index in [1.54, 1.807) is 0 Å². The summed E-state index contributed by atoms with van der Waals surface area (Å²) in [6, 6.07) is 10.4. The van der Waals surface area contributed by atoms with Gasteiger partial charge in [0.05, 0.1) is 6.61 Å². The molecular formula is C14H22Br4O. The standard InChI is InChI=1S/C14H20Br2O.2BrH/c15-9-4-7-14(8-10-16)12-17-11-13-5-2-1-3-6-13;;/h1-3,5-6,14H,4,7-12H2;2*1H. The molecule has 5 heteroatoms. The van der Waals surface area contributed by atoms with E-state index in [1.807, 2.05) is 6.07 Å². The predicted octanol–water partition coefficient (Wildman–Crippen LogP) is 5.94. The van der Waals surface area contributed by atoms with Crippen molar-refractivity contribution < 1.29 is 4.74 Å². The quantitative estimate of drug-likeness (QED) is 0.363. The molecule has 0 bridgehead atoms. The first-order valence-electron chi connectivity index (χ1n) is 6.10. The van der Waals surface area contributed by atoms with Crippen LogP contribution < -0.4 is 0 Å². The smallest absolute Gasteiger partial charge is 0.0717 e. The van der Waals surface area contributed by atoms with E-state index in [4.69, 9.17) is 4.74 Å². The van der Waals surface area contributed by atoms with Crippen LogP contribution in [0.3, 0.4) is 0 Å². The summed E-state index contributed by atoms with van der Waals surface area (Å²) in [6.07, 6.45) is 3.67. The third kappa shape index (κ3) is 11.4. The van der Waals surface area contributed by atoms with Gasteiger partial charge in [-0.05, 0) is 30.7 Å². The molecule has 0 saturated carbocycles. The fraction of sp³-hybridized carbons (Fsp3) is 0.571. The van der Waals surface area contributed by atoms with Crippen molar-refractivity contribution in [3.05, 3.63) is 35.9 Å². The van der Waals surface area contributed by atoms with Crippen LogP contribution in [0.1, 0.15) is 24.8 Å². The van der Waals surface area contributed by atoms with Crippen molar-refractivity contribution in [3.8, 4) is 0 Å². The van der Waals surface area contributed by atoms with Gasteiger partial charge in [-0.3, -0.25) is 0 Å². The maximum Gasteiger partial charge on any atom is 0.0717 e. The molecular weight excluding hydrogens is 504 g/mol. The van der Waals surface area contributed by atoms with Crippen LogP contribution in [-0.2, 0) is 11.3 Å². The lowest BCUT2D eigenvalue weighted by Gasteiger charge is -2.15. The number of hydrogen-bond donors (Lipinski definition) is 0. The Labute approximate surface area is 154 Å². The molecule has 1 nitrogen and oxygen atoms in total. The lowest BCUT2D eigenvalue weighted by atomic mass is 10.0. The molecule has 0 amide bonds. The number of halogens is 4. The molecule has 1 aromatic rings. The Hall–Kier alpha value is 1.10. The van der Waals surface area contributed by atoms with E-state index in [0.29, 0.717) is 5.92 Å². The number of rotatable bonds is 9. The second kappa shape index (κ2) is 15.5. The summed E-state index contributed by atoms with van der Waals surface area (Å²) in [4.78, 5) is 0. The van der Waals surface area contributed by atoms with Gasteiger partial charge in [0, 0.05) is 17.3 Å². The molecule has 0 fully saturated rings. The predicted molar refractivity (Wildman–Crippen MR) is 102 cm³/mol. The van der Waals surface area contributed by atoms with Crippen LogP contribution in [0.5, 0.6) is 0 Å². The second-order valence-electron chi connectivity index (χ2n) is 4.18. The van der Waals surface area contributed by atoms with Crippen molar-refractivity contribution in [1.82, 2.24) is 0 Å². The van der Waals surface area contributed by atoms with Gasteiger partial charge in [-0.2, -0.15) is 0 Å². The molecule has 1 rings (SSSR count). The number of alkyl halides is 2. The molecule has 0 saturated heterocycles. The molecule has 19 heavy (non-hydrogen) atoms. The molecule has 1 atom stereocenters. The topological polar surface area (TPSA) is 9.23 Å². The Kier molecular flexibility index (Phi) is 18.2. The highest BCUT2D eigenvalue weighted by atomic mass is 79.9. The third-order valence-electron chi connectivity index (χ3n) is 2.73. The Morgan fingerprint density at radius 3 is 2.21 bits per heavy atom. The highest BCUT2D eigenvalue weighted by Gasteiger charge is 2.07. The van der Waals surface area contributed by atoms with Gasteiger partial charge in [-0.1, -0.05) is 62.2 Å². The molecule has 0 N–H and O–H groups in total. The Balaban J connectivity index is 0. The third-order valence-corrected chi connectivity index (χ3v) is 3.75. The summed E-state index contributed by atoms with van der Waals surface area (Å²) in [5.74, 6) is 0.677. The maximum atomic E-state index is 5.80. The van der Waals surface area contributed by atoms with E-state index in [-0.39, 0.29) is 34.0 Å². The number of ether oxygens (including phenoxy) is 1. The summed E-state index contributed by atoms with van der Waals surface area (Å²) in [5.41, 5.74) is 1.26.